The second-order valence-corrected chi connectivity index (χ2v) is 7.61. The number of furan rings is 1. The molecule has 2 aromatic carbocycles. The third kappa shape index (κ3) is 4.02. The van der Waals surface area contributed by atoms with Crippen molar-refractivity contribution in [2.75, 3.05) is 0 Å². The molecule has 0 saturated carbocycles. The molecular weight excluding hydrogens is 435 g/mol. The monoisotopic (exact) mass is 450 g/mol. The van der Waals surface area contributed by atoms with Crippen molar-refractivity contribution in [2.24, 2.45) is 5.10 Å². The average Bonchev–Trinajstić information content (AvgIpc) is 3.55. The van der Waals surface area contributed by atoms with Gasteiger partial charge in [0.05, 0.1) is 12.0 Å². The number of hydrazone groups is 1. The molecule has 0 saturated heterocycles. The Hall–Kier alpha value is -3.85. The summed E-state index contributed by atoms with van der Waals surface area (Å²) in [6.07, 6.45) is 2.05. The number of hydrogen-bond acceptors (Lipinski definition) is 6. The van der Waals surface area contributed by atoms with E-state index in [4.69, 9.17) is 16.0 Å². The van der Waals surface area contributed by atoms with Gasteiger partial charge in [-0.3, -0.25) is 4.79 Å². The number of rotatable bonds is 5. The van der Waals surface area contributed by atoms with Crippen LogP contribution in [0.1, 0.15) is 23.8 Å². The van der Waals surface area contributed by atoms with Crippen molar-refractivity contribution in [1.82, 2.24) is 25.2 Å². The highest BCUT2D eigenvalue weighted by Crippen LogP contribution is 2.33. The van der Waals surface area contributed by atoms with Crippen LogP contribution in [0.3, 0.4) is 0 Å². The number of benzene rings is 2. The van der Waals surface area contributed by atoms with E-state index in [0.29, 0.717) is 28.6 Å². The maximum atomic E-state index is 13.1. The Labute approximate surface area is 186 Å². The van der Waals surface area contributed by atoms with Crippen molar-refractivity contribution in [3.05, 3.63) is 89.1 Å². The number of amides is 1. The van der Waals surface area contributed by atoms with Crippen molar-refractivity contribution in [3.63, 3.8) is 0 Å². The minimum atomic E-state index is -0.386. The van der Waals surface area contributed by atoms with Crippen LogP contribution in [0, 0.1) is 5.82 Å². The van der Waals surface area contributed by atoms with E-state index < -0.39 is 0 Å². The van der Waals surface area contributed by atoms with Crippen LogP contribution in [-0.4, -0.2) is 36.8 Å². The zero-order chi connectivity index (χ0) is 22.1. The van der Waals surface area contributed by atoms with Gasteiger partial charge in [-0.25, -0.2) is 9.40 Å². The minimum Gasteiger partial charge on any atom is -0.467 e. The van der Waals surface area contributed by atoms with Gasteiger partial charge in [-0.2, -0.15) is 9.90 Å². The summed E-state index contributed by atoms with van der Waals surface area (Å²) in [4.78, 5) is 14.3. The third-order valence-corrected chi connectivity index (χ3v) is 5.30. The number of hydrogen-bond donors (Lipinski definition) is 0. The number of halogens is 2. The lowest BCUT2D eigenvalue weighted by molar-refractivity contribution is -0.134. The highest BCUT2D eigenvalue weighted by molar-refractivity contribution is 6.30. The van der Waals surface area contributed by atoms with E-state index >= 15 is 0 Å². The van der Waals surface area contributed by atoms with Crippen molar-refractivity contribution in [3.8, 4) is 11.4 Å². The average molecular weight is 451 g/mol. The van der Waals surface area contributed by atoms with Gasteiger partial charge in [-0.1, -0.05) is 23.7 Å². The van der Waals surface area contributed by atoms with Gasteiger partial charge in [0.25, 0.3) is 5.91 Å². The predicted octanol–water partition coefficient (Wildman–Crippen LogP) is 4.10. The number of carbonyl (C=O) groups is 1. The number of aromatic nitrogens is 4. The van der Waals surface area contributed by atoms with Gasteiger partial charge >= 0.3 is 0 Å². The zero-order valence-corrected chi connectivity index (χ0v) is 17.4. The van der Waals surface area contributed by atoms with Crippen molar-refractivity contribution in [1.29, 1.82) is 0 Å². The molecule has 1 unspecified atom stereocenters. The topological polar surface area (TPSA) is 89.4 Å². The normalized spacial score (nSPS) is 15.8. The van der Waals surface area contributed by atoms with Crippen LogP contribution in [0.25, 0.3) is 11.4 Å². The van der Waals surface area contributed by atoms with Gasteiger partial charge < -0.3 is 4.42 Å². The SMILES string of the molecule is O=C(Cn1nnc(-c2ccc(F)cc2)n1)N1N=C(c2ccc(Cl)cc2)CC1c1ccco1. The molecule has 0 aliphatic carbocycles. The number of carbonyl (C=O) groups excluding carboxylic acids is 1. The fourth-order valence-corrected chi connectivity index (χ4v) is 3.60. The molecule has 2 aromatic heterocycles. The second kappa shape index (κ2) is 8.35. The number of tetrazole rings is 1. The molecule has 0 spiro atoms. The Bertz CT molecular complexity index is 1270. The third-order valence-electron chi connectivity index (χ3n) is 5.05. The molecule has 1 aliphatic rings. The van der Waals surface area contributed by atoms with Crippen molar-refractivity contribution in [2.45, 2.75) is 19.0 Å². The highest BCUT2D eigenvalue weighted by atomic mass is 35.5. The molecule has 10 heteroatoms. The largest absolute Gasteiger partial charge is 0.467 e. The molecule has 8 nitrogen and oxygen atoms in total. The second-order valence-electron chi connectivity index (χ2n) is 7.18. The first-order valence-corrected chi connectivity index (χ1v) is 10.2. The Morgan fingerprint density at radius 3 is 2.56 bits per heavy atom. The van der Waals surface area contributed by atoms with E-state index in [2.05, 4.69) is 20.5 Å². The van der Waals surface area contributed by atoms with Crippen LogP contribution < -0.4 is 0 Å². The van der Waals surface area contributed by atoms with E-state index in [1.165, 1.54) is 21.9 Å². The Kier molecular flexibility index (Phi) is 5.24. The molecule has 1 aliphatic heterocycles. The maximum absolute atomic E-state index is 13.1. The lowest BCUT2D eigenvalue weighted by atomic mass is 10.0. The molecule has 0 N–H and O–H groups in total. The van der Waals surface area contributed by atoms with Gasteiger partial charge in [-0.05, 0) is 59.3 Å². The first kappa shape index (κ1) is 20.1. The van der Waals surface area contributed by atoms with Crippen molar-refractivity contribution >= 4 is 23.2 Å². The summed E-state index contributed by atoms with van der Waals surface area (Å²) in [6.45, 7) is -0.164. The highest BCUT2D eigenvalue weighted by Gasteiger charge is 2.35. The molecule has 5 rings (SSSR count). The molecule has 0 fully saturated rings. The van der Waals surface area contributed by atoms with Gasteiger partial charge in [0.2, 0.25) is 5.82 Å². The molecule has 32 heavy (non-hydrogen) atoms. The predicted molar refractivity (Wildman–Crippen MR) is 114 cm³/mol. The standard InChI is InChI=1S/C22H16ClFN6O2/c23-16-7-3-14(4-8-16)18-12-19(20-2-1-11-32-20)30(26-18)21(31)13-29-27-22(25-28-29)15-5-9-17(24)10-6-15/h1-11,19H,12-13H2. The summed E-state index contributed by atoms with van der Waals surface area (Å²) >= 11 is 5.99. The summed E-state index contributed by atoms with van der Waals surface area (Å²) in [7, 11) is 0. The van der Waals surface area contributed by atoms with Crippen LogP contribution in [0.4, 0.5) is 4.39 Å². The lowest BCUT2D eigenvalue weighted by Crippen LogP contribution is -2.31. The van der Waals surface area contributed by atoms with E-state index in [0.717, 1.165) is 11.3 Å². The molecule has 0 bridgehead atoms. The lowest BCUT2D eigenvalue weighted by Gasteiger charge is -2.19. The Balaban J connectivity index is 1.39. The van der Waals surface area contributed by atoms with Crippen LogP contribution in [0.2, 0.25) is 5.02 Å². The molecule has 4 aromatic rings. The van der Waals surface area contributed by atoms with Crippen LogP contribution in [-0.2, 0) is 11.3 Å². The van der Waals surface area contributed by atoms with E-state index in [-0.39, 0.29) is 24.3 Å². The molecule has 1 atom stereocenters. The molecular formula is C22H16ClFN6O2. The van der Waals surface area contributed by atoms with Gasteiger partial charge in [0.1, 0.15) is 24.2 Å². The van der Waals surface area contributed by atoms with Gasteiger partial charge in [-0.15, -0.1) is 10.2 Å². The van der Waals surface area contributed by atoms with E-state index in [1.807, 2.05) is 18.2 Å². The first-order valence-electron chi connectivity index (χ1n) is 9.79. The smallest absolute Gasteiger partial charge is 0.267 e. The number of nitrogens with zero attached hydrogens (tertiary/aromatic N) is 6. The molecule has 1 amide bonds. The summed E-state index contributed by atoms with van der Waals surface area (Å²) in [5, 5.41) is 18.7. The van der Waals surface area contributed by atoms with Crippen LogP contribution in [0.15, 0.2) is 76.4 Å². The minimum absolute atomic E-state index is 0.164. The summed E-state index contributed by atoms with van der Waals surface area (Å²) < 4.78 is 18.7. The Morgan fingerprint density at radius 1 is 1.09 bits per heavy atom. The fourth-order valence-electron chi connectivity index (χ4n) is 3.48. The Morgan fingerprint density at radius 2 is 1.84 bits per heavy atom. The molecule has 0 radical (unpaired) electrons. The van der Waals surface area contributed by atoms with Gasteiger partial charge in [0, 0.05) is 17.0 Å². The maximum Gasteiger partial charge on any atom is 0.267 e. The van der Waals surface area contributed by atoms with Crippen LogP contribution >= 0.6 is 11.6 Å². The molecule has 160 valence electrons. The molecule has 3 heterocycles. The first-order chi connectivity index (χ1) is 15.6. The van der Waals surface area contributed by atoms with Crippen molar-refractivity contribution < 1.29 is 13.6 Å². The summed E-state index contributed by atoms with van der Waals surface area (Å²) in [5.74, 6) is 0.249. The summed E-state index contributed by atoms with van der Waals surface area (Å²) in [5.41, 5.74) is 2.22. The summed E-state index contributed by atoms with van der Waals surface area (Å²) in [6, 6.07) is 16.2. The van der Waals surface area contributed by atoms with E-state index in [9.17, 15) is 9.18 Å². The van der Waals surface area contributed by atoms with E-state index in [1.54, 1.807) is 36.6 Å². The van der Waals surface area contributed by atoms with Gasteiger partial charge in [0.15, 0.2) is 0 Å². The quantitative estimate of drug-likeness (QED) is 0.456. The fraction of sp³-hybridized carbons (Fsp3) is 0.136. The van der Waals surface area contributed by atoms with Crippen LogP contribution in [0.5, 0.6) is 0 Å². The zero-order valence-electron chi connectivity index (χ0n) is 16.6.